The van der Waals surface area contributed by atoms with Gasteiger partial charge in [-0.25, -0.2) is 0 Å². The van der Waals surface area contributed by atoms with Gasteiger partial charge in [0.25, 0.3) is 0 Å². The standard InChI is InChI=1S/C12H22N4O2/c13-3-1-4-15(5-2-12(14)17)6-7-16-8-10-18-11-9-16/h1-2,4-11H2,(H2,14,17). The van der Waals surface area contributed by atoms with Crippen LogP contribution in [-0.4, -0.2) is 68.2 Å². The van der Waals surface area contributed by atoms with Gasteiger partial charge in [-0.3, -0.25) is 9.69 Å². The Morgan fingerprint density at radius 1 is 1.33 bits per heavy atom. The summed E-state index contributed by atoms with van der Waals surface area (Å²) in [6.07, 6.45) is 0.844. The van der Waals surface area contributed by atoms with Crippen molar-refractivity contribution in [2.75, 3.05) is 52.5 Å². The first-order valence-electron chi connectivity index (χ1n) is 6.40. The highest BCUT2D eigenvalue weighted by Crippen LogP contribution is 1.99. The van der Waals surface area contributed by atoms with Crippen LogP contribution >= 0.6 is 0 Å². The molecular weight excluding hydrogens is 232 g/mol. The van der Waals surface area contributed by atoms with Crippen molar-refractivity contribution in [1.29, 1.82) is 5.26 Å². The van der Waals surface area contributed by atoms with Gasteiger partial charge in [0, 0.05) is 52.1 Å². The van der Waals surface area contributed by atoms with Crippen molar-refractivity contribution in [2.24, 2.45) is 5.73 Å². The summed E-state index contributed by atoms with van der Waals surface area (Å²) in [5.41, 5.74) is 5.15. The van der Waals surface area contributed by atoms with Crippen molar-refractivity contribution in [3.8, 4) is 6.07 Å². The molecule has 1 aliphatic rings. The Labute approximate surface area is 108 Å². The molecule has 0 spiro atoms. The number of carbonyl (C=O) groups is 1. The summed E-state index contributed by atoms with van der Waals surface area (Å²) in [6, 6.07) is 2.13. The van der Waals surface area contributed by atoms with Crippen LogP contribution < -0.4 is 5.73 Å². The van der Waals surface area contributed by atoms with Gasteiger partial charge in [-0.2, -0.15) is 5.26 Å². The SMILES string of the molecule is N#CCCN(CCC(N)=O)CCN1CCOCC1. The Bertz CT molecular complexity index is 284. The van der Waals surface area contributed by atoms with Crippen LogP contribution in [0.15, 0.2) is 0 Å². The van der Waals surface area contributed by atoms with E-state index in [-0.39, 0.29) is 5.91 Å². The highest BCUT2D eigenvalue weighted by Gasteiger charge is 2.12. The first-order valence-corrected chi connectivity index (χ1v) is 6.40. The third-order valence-corrected chi connectivity index (χ3v) is 3.05. The molecular formula is C12H22N4O2. The molecule has 0 aromatic carbocycles. The molecule has 0 saturated carbocycles. The predicted molar refractivity (Wildman–Crippen MR) is 67.7 cm³/mol. The zero-order valence-corrected chi connectivity index (χ0v) is 10.8. The topological polar surface area (TPSA) is 82.6 Å². The lowest BCUT2D eigenvalue weighted by Gasteiger charge is -2.29. The number of rotatable bonds is 8. The Balaban J connectivity index is 2.25. The van der Waals surface area contributed by atoms with E-state index >= 15 is 0 Å². The third-order valence-electron chi connectivity index (χ3n) is 3.05. The maximum absolute atomic E-state index is 10.8. The normalized spacial score (nSPS) is 16.7. The molecule has 1 rings (SSSR count). The molecule has 102 valence electrons. The first-order chi connectivity index (χ1) is 8.72. The third kappa shape index (κ3) is 6.55. The number of nitrogens with zero attached hydrogens (tertiary/aromatic N) is 3. The molecule has 1 fully saturated rings. The predicted octanol–water partition coefficient (Wildman–Crippen LogP) is -0.590. The Morgan fingerprint density at radius 3 is 2.67 bits per heavy atom. The number of hydrogen-bond donors (Lipinski definition) is 1. The number of nitriles is 1. The first kappa shape index (κ1) is 14.9. The average Bonchev–Trinajstić information content (AvgIpc) is 2.39. The van der Waals surface area contributed by atoms with Crippen molar-refractivity contribution >= 4 is 5.91 Å². The minimum absolute atomic E-state index is 0.289. The lowest BCUT2D eigenvalue weighted by Crippen LogP contribution is -2.42. The number of amides is 1. The van der Waals surface area contributed by atoms with Gasteiger partial charge in [-0.15, -0.1) is 0 Å². The fourth-order valence-corrected chi connectivity index (χ4v) is 1.92. The lowest BCUT2D eigenvalue weighted by atomic mass is 10.3. The molecule has 18 heavy (non-hydrogen) atoms. The molecule has 1 aliphatic heterocycles. The van der Waals surface area contributed by atoms with Crippen LogP contribution in [0.2, 0.25) is 0 Å². The van der Waals surface area contributed by atoms with Gasteiger partial charge in [0.2, 0.25) is 5.91 Å². The highest BCUT2D eigenvalue weighted by molar-refractivity contribution is 5.73. The summed E-state index contributed by atoms with van der Waals surface area (Å²) in [5, 5.41) is 8.61. The van der Waals surface area contributed by atoms with Gasteiger partial charge in [-0.1, -0.05) is 0 Å². The van der Waals surface area contributed by atoms with Crippen molar-refractivity contribution in [1.82, 2.24) is 9.80 Å². The summed E-state index contributed by atoms with van der Waals surface area (Å²) < 4.78 is 5.29. The molecule has 1 saturated heterocycles. The molecule has 2 N–H and O–H groups in total. The summed E-state index contributed by atoms with van der Waals surface area (Å²) in [6.45, 7) is 6.67. The molecule has 6 heteroatoms. The fourth-order valence-electron chi connectivity index (χ4n) is 1.92. The number of ether oxygens (including phenoxy) is 1. The summed E-state index contributed by atoms with van der Waals surface area (Å²) >= 11 is 0. The molecule has 6 nitrogen and oxygen atoms in total. The van der Waals surface area contributed by atoms with E-state index < -0.39 is 0 Å². The molecule has 0 bridgehead atoms. The van der Waals surface area contributed by atoms with Gasteiger partial charge in [0.1, 0.15) is 0 Å². The number of morpholine rings is 1. The molecule has 0 aliphatic carbocycles. The van der Waals surface area contributed by atoms with Crippen LogP contribution in [0.5, 0.6) is 0 Å². The van der Waals surface area contributed by atoms with E-state index in [4.69, 9.17) is 15.7 Å². The molecule has 0 aromatic heterocycles. The van der Waals surface area contributed by atoms with Gasteiger partial charge in [-0.05, 0) is 0 Å². The summed E-state index contributed by atoms with van der Waals surface area (Å²) in [5.74, 6) is -0.289. The number of nitrogens with two attached hydrogens (primary N) is 1. The zero-order valence-electron chi connectivity index (χ0n) is 10.8. The molecule has 1 heterocycles. The van der Waals surface area contributed by atoms with E-state index in [0.717, 1.165) is 39.4 Å². The van der Waals surface area contributed by atoms with E-state index in [1.807, 2.05) is 0 Å². The molecule has 0 atom stereocenters. The van der Waals surface area contributed by atoms with Gasteiger partial charge in [0.15, 0.2) is 0 Å². The van der Waals surface area contributed by atoms with E-state index in [1.54, 1.807) is 0 Å². The second-order valence-electron chi connectivity index (χ2n) is 4.42. The van der Waals surface area contributed by atoms with Crippen molar-refractivity contribution in [2.45, 2.75) is 12.8 Å². The molecule has 0 aromatic rings. The fraction of sp³-hybridized carbons (Fsp3) is 0.833. The quantitative estimate of drug-likeness (QED) is 0.626. The summed E-state index contributed by atoms with van der Waals surface area (Å²) in [4.78, 5) is 15.3. The Morgan fingerprint density at radius 2 is 2.06 bits per heavy atom. The van der Waals surface area contributed by atoms with Crippen LogP contribution in [0.1, 0.15) is 12.8 Å². The number of primary amides is 1. The minimum atomic E-state index is -0.289. The van der Waals surface area contributed by atoms with E-state index in [2.05, 4.69) is 15.9 Å². The van der Waals surface area contributed by atoms with Gasteiger partial charge < -0.3 is 15.4 Å². The summed E-state index contributed by atoms with van der Waals surface area (Å²) in [7, 11) is 0. The second-order valence-corrected chi connectivity index (χ2v) is 4.42. The number of carbonyl (C=O) groups excluding carboxylic acids is 1. The maximum Gasteiger partial charge on any atom is 0.218 e. The van der Waals surface area contributed by atoms with Crippen LogP contribution in [0.25, 0.3) is 0 Å². The van der Waals surface area contributed by atoms with Crippen LogP contribution in [0, 0.1) is 11.3 Å². The smallest absolute Gasteiger partial charge is 0.218 e. The van der Waals surface area contributed by atoms with E-state index in [9.17, 15) is 4.79 Å². The monoisotopic (exact) mass is 254 g/mol. The van der Waals surface area contributed by atoms with Gasteiger partial charge in [0.05, 0.1) is 19.3 Å². The van der Waals surface area contributed by atoms with Crippen LogP contribution in [-0.2, 0) is 9.53 Å². The average molecular weight is 254 g/mol. The second kappa shape index (κ2) is 8.86. The van der Waals surface area contributed by atoms with Crippen molar-refractivity contribution < 1.29 is 9.53 Å². The molecule has 0 unspecified atom stereocenters. The Hall–Kier alpha value is -1.16. The maximum atomic E-state index is 10.8. The Kier molecular flexibility index (Phi) is 7.34. The number of hydrogen-bond acceptors (Lipinski definition) is 5. The largest absolute Gasteiger partial charge is 0.379 e. The van der Waals surface area contributed by atoms with E-state index in [1.165, 1.54) is 0 Å². The highest BCUT2D eigenvalue weighted by atomic mass is 16.5. The molecule has 1 amide bonds. The zero-order chi connectivity index (χ0) is 13.2. The molecule has 0 radical (unpaired) electrons. The van der Waals surface area contributed by atoms with Crippen molar-refractivity contribution in [3.05, 3.63) is 0 Å². The van der Waals surface area contributed by atoms with Crippen LogP contribution in [0.4, 0.5) is 0 Å². The lowest BCUT2D eigenvalue weighted by molar-refractivity contribution is -0.118. The van der Waals surface area contributed by atoms with Crippen molar-refractivity contribution in [3.63, 3.8) is 0 Å². The van der Waals surface area contributed by atoms with Crippen LogP contribution in [0.3, 0.4) is 0 Å². The van der Waals surface area contributed by atoms with E-state index in [0.29, 0.717) is 25.9 Å². The minimum Gasteiger partial charge on any atom is -0.379 e. The van der Waals surface area contributed by atoms with Gasteiger partial charge >= 0.3 is 0 Å².